The van der Waals surface area contributed by atoms with Gasteiger partial charge >= 0.3 is 0 Å². The highest BCUT2D eigenvalue weighted by atomic mass is 15.1. The molecule has 0 aliphatic carbocycles. The van der Waals surface area contributed by atoms with Crippen molar-refractivity contribution in [1.82, 2.24) is 15.5 Å². The molecule has 0 saturated heterocycles. The van der Waals surface area contributed by atoms with E-state index in [1.165, 1.54) is 5.56 Å². The molecule has 0 aliphatic heterocycles. The molecule has 3 nitrogen and oxygen atoms in total. The van der Waals surface area contributed by atoms with Crippen LogP contribution < -0.4 is 5.32 Å². The molecular formula is C13H17N3. The molecule has 0 atom stereocenters. The van der Waals surface area contributed by atoms with E-state index in [-0.39, 0.29) is 0 Å². The quantitative estimate of drug-likeness (QED) is 0.822. The molecule has 16 heavy (non-hydrogen) atoms. The summed E-state index contributed by atoms with van der Waals surface area (Å²) in [5.41, 5.74) is 4.56. The third-order valence-electron chi connectivity index (χ3n) is 2.54. The average Bonchev–Trinajstić information content (AvgIpc) is 2.76. The van der Waals surface area contributed by atoms with E-state index in [1.54, 1.807) is 0 Å². The number of aromatic amines is 1. The highest BCUT2D eigenvalue weighted by molar-refractivity contribution is 5.59. The van der Waals surface area contributed by atoms with Gasteiger partial charge in [0.2, 0.25) is 0 Å². The highest BCUT2D eigenvalue weighted by Crippen LogP contribution is 2.17. The standard InChI is InChI=1S/C13H17N3/c1-3-14-9-12-8-13(16-15-12)11-6-4-10(2)5-7-11/h4-8,14H,3,9H2,1-2H3,(H,15,16). The Kier molecular flexibility index (Phi) is 3.37. The van der Waals surface area contributed by atoms with E-state index < -0.39 is 0 Å². The fourth-order valence-corrected chi connectivity index (χ4v) is 1.58. The molecule has 2 rings (SSSR count). The molecule has 3 heteroatoms. The summed E-state index contributed by atoms with van der Waals surface area (Å²) in [4.78, 5) is 0. The van der Waals surface area contributed by atoms with Crippen molar-refractivity contribution in [3.05, 3.63) is 41.6 Å². The van der Waals surface area contributed by atoms with E-state index in [0.29, 0.717) is 0 Å². The second kappa shape index (κ2) is 4.94. The lowest BCUT2D eigenvalue weighted by Crippen LogP contribution is -2.11. The lowest BCUT2D eigenvalue weighted by atomic mass is 10.1. The maximum absolute atomic E-state index is 4.30. The van der Waals surface area contributed by atoms with Crippen LogP contribution >= 0.6 is 0 Å². The van der Waals surface area contributed by atoms with E-state index in [4.69, 9.17) is 0 Å². The van der Waals surface area contributed by atoms with Crippen LogP contribution in [0.15, 0.2) is 30.3 Å². The van der Waals surface area contributed by atoms with Gasteiger partial charge in [-0.05, 0) is 19.5 Å². The van der Waals surface area contributed by atoms with Gasteiger partial charge in [-0.2, -0.15) is 5.10 Å². The summed E-state index contributed by atoms with van der Waals surface area (Å²) in [7, 11) is 0. The van der Waals surface area contributed by atoms with Gasteiger partial charge in [-0.25, -0.2) is 0 Å². The van der Waals surface area contributed by atoms with Crippen LogP contribution in [0, 0.1) is 6.92 Å². The van der Waals surface area contributed by atoms with Crippen LogP contribution in [-0.4, -0.2) is 16.7 Å². The van der Waals surface area contributed by atoms with Crippen molar-refractivity contribution in [2.45, 2.75) is 20.4 Å². The first-order chi connectivity index (χ1) is 7.79. The van der Waals surface area contributed by atoms with Crippen LogP contribution in [0.25, 0.3) is 11.3 Å². The van der Waals surface area contributed by atoms with E-state index in [1.807, 2.05) is 0 Å². The third kappa shape index (κ3) is 2.49. The molecule has 0 spiro atoms. The Morgan fingerprint density at radius 1 is 1.25 bits per heavy atom. The summed E-state index contributed by atoms with van der Waals surface area (Å²) in [6, 6.07) is 10.5. The van der Waals surface area contributed by atoms with Crippen molar-refractivity contribution >= 4 is 0 Å². The second-order valence-corrected chi connectivity index (χ2v) is 3.92. The van der Waals surface area contributed by atoms with Crippen molar-refractivity contribution in [3.8, 4) is 11.3 Å². The van der Waals surface area contributed by atoms with Gasteiger partial charge in [-0.15, -0.1) is 0 Å². The Hall–Kier alpha value is -1.61. The molecule has 0 unspecified atom stereocenters. The predicted molar refractivity (Wildman–Crippen MR) is 66.1 cm³/mol. The van der Waals surface area contributed by atoms with Crippen LogP contribution in [0.5, 0.6) is 0 Å². The molecule has 0 amide bonds. The van der Waals surface area contributed by atoms with Crippen LogP contribution in [0.1, 0.15) is 18.2 Å². The zero-order valence-corrected chi connectivity index (χ0v) is 9.75. The molecule has 0 aliphatic rings. The summed E-state index contributed by atoms with van der Waals surface area (Å²) in [6.07, 6.45) is 0. The maximum atomic E-state index is 4.30. The van der Waals surface area contributed by atoms with Gasteiger partial charge in [0.05, 0.1) is 5.69 Å². The zero-order chi connectivity index (χ0) is 11.4. The van der Waals surface area contributed by atoms with Crippen molar-refractivity contribution in [3.63, 3.8) is 0 Å². The Morgan fingerprint density at radius 3 is 2.69 bits per heavy atom. The minimum Gasteiger partial charge on any atom is -0.311 e. The van der Waals surface area contributed by atoms with Crippen molar-refractivity contribution < 1.29 is 0 Å². The van der Waals surface area contributed by atoms with Crippen LogP contribution in [0.3, 0.4) is 0 Å². The SMILES string of the molecule is CCNCc1cc(-c2ccc(C)cc2)n[nH]1. The fourth-order valence-electron chi connectivity index (χ4n) is 1.58. The average molecular weight is 215 g/mol. The smallest absolute Gasteiger partial charge is 0.0924 e. The first kappa shape index (κ1) is 10.9. The largest absolute Gasteiger partial charge is 0.311 e. The summed E-state index contributed by atoms with van der Waals surface area (Å²) < 4.78 is 0. The number of hydrogen-bond donors (Lipinski definition) is 2. The zero-order valence-electron chi connectivity index (χ0n) is 9.75. The molecule has 1 aromatic heterocycles. The number of nitrogens with zero attached hydrogens (tertiary/aromatic N) is 1. The van der Waals surface area contributed by atoms with Crippen LogP contribution in [0.2, 0.25) is 0 Å². The summed E-state index contributed by atoms with van der Waals surface area (Å²) in [5, 5.41) is 10.6. The first-order valence-corrected chi connectivity index (χ1v) is 5.61. The van der Waals surface area contributed by atoms with Crippen molar-refractivity contribution in [2.24, 2.45) is 0 Å². The molecule has 0 radical (unpaired) electrons. The molecular weight excluding hydrogens is 198 g/mol. The summed E-state index contributed by atoms with van der Waals surface area (Å²) >= 11 is 0. The minimum atomic E-state index is 0.843. The topological polar surface area (TPSA) is 40.7 Å². The van der Waals surface area contributed by atoms with Crippen LogP contribution in [0.4, 0.5) is 0 Å². The molecule has 84 valence electrons. The Labute approximate surface area is 95.9 Å². The second-order valence-electron chi connectivity index (χ2n) is 3.92. The Balaban J connectivity index is 2.15. The highest BCUT2D eigenvalue weighted by Gasteiger charge is 2.02. The lowest BCUT2D eigenvalue weighted by molar-refractivity contribution is 0.707. The molecule has 0 saturated carbocycles. The number of hydrogen-bond acceptors (Lipinski definition) is 2. The predicted octanol–water partition coefficient (Wildman–Crippen LogP) is 2.49. The number of benzene rings is 1. The minimum absolute atomic E-state index is 0.843. The van der Waals surface area contributed by atoms with Gasteiger partial charge < -0.3 is 5.32 Å². The van der Waals surface area contributed by atoms with Gasteiger partial charge in [0.25, 0.3) is 0 Å². The van der Waals surface area contributed by atoms with Gasteiger partial charge in [0.15, 0.2) is 0 Å². The van der Waals surface area contributed by atoms with Gasteiger partial charge in [-0.1, -0.05) is 36.8 Å². The van der Waals surface area contributed by atoms with Gasteiger partial charge in [-0.3, -0.25) is 5.10 Å². The van der Waals surface area contributed by atoms with Gasteiger partial charge in [0.1, 0.15) is 0 Å². The summed E-state index contributed by atoms with van der Waals surface area (Å²) in [5.74, 6) is 0. The molecule has 1 heterocycles. The number of rotatable bonds is 4. The van der Waals surface area contributed by atoms with E-state index in [9.17, 15) is 0 Å². The van der Waals surface area contributed by atoms with E-state index in [0.717, 1.165) is 30.0 Å². The van der Waals surface area contributed by atoms with E-state index in [2.05, 4.69) is 59.7 Å². The summed E-state index contributed by atoms with van der Waals surface area (Å²) in [6.45, 7) is 6.00. The Bertz CT molecular complexity index is 442. The lowest BCUT2D eigenvalue weighted by Gasteiger charge is -1.97. The Morgan fingerprint density at radius 2 is 2.00 bits per heavy atom. The van der Waals surface area contributed by atoms with E-state index >= 15 is 0 Å². The fraction of sp³-hybridized carbons (Fsp3) is 0.308. The molecule has 1 aromatic carbocycles. The van der Waals surface area contributed by atoms with Gasteiger partial charge in [0, 0.05) is 17.8 Å². The number of nitrogens with one attached hydrogen (secondary N) is 2. The molecule has 2 N–H and O–H groups in total. The monoisotopic (exact) mass is 215 g/mol. The number of aryl methyl sites for hydroxylation is 1. The van der Waals surface area contributed by atoms with Crippen molar-refractivity contribution in [2.75, 3.05) is 6.54 Å². The molecule has 2 aromatic rings. The molecule has 0 fully saturated rings. The number of aromatic nitrogens is 2. The maximum Gasteiger partial charge on any atom is 0.0924 e. The number of H-pyrrole nitrogens is 1. The first-order valence-electron chi connectivity index (χ1n) is 5.61. The normalized spacial score (nSPS) is 10.6. The van der Waals surface area contributed by atoms with Crippen molar-refractivity contribution in [1.29, 1.82) is 0 Å². The van der Waals surface area contributed by atoms with Crippen LogP contribution in [-0.2, 0) is 6.54 Å². The molecule has 0 bridgehead atoms. The third-order valence-corrected chi connectivity index (χ3v) is 2.54.